The van der Waals surface area contributed by atoms with Crippen molar-refractivity contribution < 1.29 is 13.2 Å². The lowest BCUT2D eigenvalue weighted by Gasteiger charge is -2.05. The lowest BCUT2D eigenvalue weighted by Crippen LogP contribution is -2.22. The lowest BCUT2D eigenvalue weighted by molar-refractivity contribution is 0.427. The van der Waals surface area contributed by atoms with Crippen LogP contribution in [0.15, 0.2) is 27.7 Å². The highest BCUT2D eigenvalue weighted by Crippen LogP contribution is 2.22. The van der Waals surface area contributed by atoms with Crippen LogP contribution in [0.4, 0.5) is 8.78 Å². The van der Waals surface area contributed by atoms with E-state index in [4.69, 9.17) is 4.42 Å². The van der Waals surface area contributed by atoms with E-state index in [1.54, 1.807) is 0 Å². The van der Waals surface area contributed by atoms with Gasteiger partial charge in [-0.2, -0.15) is 0 Å². The van der Waals surface area contributed by atoms with E-state index in [1.807, 2.05) is 0 Å². The first kappa shape index (κ1) is 14.0. The van der Waals surface area contributed by atoms with Crippen LogP contribution >= 0.6 is 0 Å². The monoisotopic (exact) mass is 317 g/mol. The summed E-state index contributed by atoms with van der Waals surface area (Å²) < 4.78 is 34.0. The molecule has 1 aromatic carbocycles. The summed E-state index contributed by atoms with van der Waals surface area (Å²) in [5.74, 6) is -0.414. The van der Waals surface area contributed by atoms with Crippen molar-refractivity contribution in [2.45, 2.75) is 32.2 Å². The molecule has 0 atom stereocenters. The van der Waals surface area contributed by atoms with E-state index in [0.717, 1.165) is 43.2 Å². The van der Waals surface area contributed by atoms with E-state index in [-0.39, 0.29) is 17.4 Å². The van der Waals surface area contributed by atoms with E-state index < -0.39 is 17.2 Å². The second-order valence-electron chi connectivity index (χ2n) is 5.64. The molecule has 118 valence electrons. The average Bonchev–Trinajstić information content (AvgIpc) is 2.92. The van der Waals surface area contributed by atoms with E-state index in [1.165, 1.54) is 10.9 Å². The zero-order valence-corrected chi connectivity index (χ0v) is 12.2. The summed E-state index contributed by atoms with van der Waals surface area (Å²) in [6, 6.07) is 1.72. The van der Waals surface area contributed by atoms with Crippen LogP contribution in [0, 0.1) is 11.6 Å². The second kappa shape index (κ2) is 5.26. The molecule has 4 rings (SSSR count). The summed E-state index contributed by atoms with van der Waals surface area (Å²) in [5.41, 5.74) is 0.348. The fourth-order valence-electron chi connectivity index (χ4n) is 2.93. The number of halogens is 2. The molecule has 0 saturated carbocycles. The summed E-state index contributed by atoms with van der Waals surface area (Å²) in [7, 11) is 0. The van der Waals surface area contributed by atoms with E-state index in [2.05, 4.69) is 9.97 Å². The van der Waals surface area contributed by atoms with Gasteiger partial charge in [0.15, 0.2) is 0 Å². The Kier molecular flexibility index (Phi) is 3.21. The Labute approximate surface area is 129 Å². The van der Waals surface area contributed by atoms with E-state index in [9.17, 15) is 13.6 Å². The van der Waals surface area contributed by atoms with Gasteiger partial charge in [-0.1, -0.05) is 0 Å². The van der Waals surface area contributed by atoms with Crippen molar-refractivity contribution in [1.29, 1.82) is 0 Å². The maximum Gasteiger partial charge on any atom is 0.264 e. The van der Waals surface area contributed by atoms with E-state index in [0.29, 0.717) is 12.0 Å². The number of hydrogen-bond acceptors (Lipinski definition) is 4. The molecule has 2 aromatic heterocycles. The molecular formula is C16H13F2N3O2. The number of oxazole rings is 1. The molecule has 0 spiro atoms. The zero-order chi connectivity index (χ0) is 16.0. The van der Waals surface area contributed by atoms with Gasteiger partial charge >= 0.3 is 0 Å². The number of benzene rings is 1. The van der Waals surface area contributed by atoms with Gasteiger partial charge < -0.3 is 4.42 Å². The van der Waals surface area contributed by atoms with Gasteiger partial charge in [0.05, 0.1) is 17.5 Å². The predicted octanol–water partition coefficient (Wildman–Crippen LogP) is 2.59. The number of rotatable bonds is 2. The molecule has 0 radical (unpaired) electrons. The molecule has 0 N–H and O–H groups in total. The normalized spacial score (nSPS) is 14.2. The quantitative estimate of drug-likeness (QED) is 0.729. The summed E-state index contributed by atoms with van der Waals surface area (Å²) in [5, 5.41) is -0.231. The van der Waals surface area contributed by atoms with Gasteiger partial charge in [0.25, 0.3) is 5.56 Å². The molecule has 2 heterocycles. The number of aromatic nitrogens is 3. The number of hydrogen-bond donors (Lipinski definition) is 0. The smallest absolute Gasteiger partial charge is 0.264 e. The molecule has 3 aromatic rings. The third-order valence-corrected chi connectivity index (χ3v) is 4.04. The maximum absolute atomic E-state index is 13.9. The minimum Gasteiger partial charge on any atom is -0.443 e. The highest BCUT2D eigenvalue weighted by Gasteiger charge is 2.18. The largest absolute Gasteiger partial charge is 0.443 e. The zero-order valence-electron chi connectivity index (χ0n) is 12.2. The molecule has 0 fully saturated rings. The van der Waals surface area contributed by atoms with Crippen molar-refractivity contribution in [2.75, 3.05) is 0 Å². The van der Waals surface area contributed by atoms with Crippen LogP contribution in [-0.4, -0.2) is 14.5 Å². The van der Waals surface area contributed by atoms with Crippen LogP contribution < -0.4 is 5.56 Å². The molecule has 1 aliphatic carbocycles. The Hall–Kier alpha value is -2.57. The minimum atomic E-state index is -0.918. The van der Waals surface area contributed by atoms with Crippen molar-refractivity contribution in [2.24, 2.45) is 0 Å². The number of aryl methyl sites for hydroxylation is 2. The molecule has 0 bridgehead atoms. The fraction of sp³-hybridized carbons (Fsp3) is 0.312. The first-order chi connectivity index (χ1) is 11.1. The van der Waals surface area contributed by atoms with Gasteiger partial charge in [0.1, 0.15) is 29.3 Å². The van der Waals surface area contributed by atoms with Crippen LogP contribution in [-0.2, 0) is 19.4 Å². The molecule has 0 unspecified atom stereocenters. The van der Waals surface area contributed by atoms with Gasteiger partial charge in [0.2, 0.25) is 5.89 Å². The molecule has 7 heteroatoms. The van der Waals surface area contributed by atoms with Crippen molar-refractivity contribution in [1.82, 2.24) is 14.5 Å². The summed E-state index contributed by atoms with van der Waals surface area (Å²) >= 11 is 0. The molecular weight excluding hydrogens is 304 g/mol. The van der Waals surface area contributed by atoms with Crippen molar-refractivity contribution >= 4 is 10.9 Å². The van der Waals surface area contributed by atoms with Gasteiger partial charge in [-0.05, 0) is 19.3 Å². The molecule has 0 amide bonds. The topological polar surface area (TPSA) is 60.9 Å². The van der Waals surface area contributed by atoms with Crippen LogP contribution in [0.5, 0.6) is 0 Å². The molecule has 5 nitrogen and oxygen atoms in total. The summed E-state index contributed by atoms with van der Waals surface area (Å²) in [4.78, 5) is 20.8. The molecule has 0 saturated heterocycles. The summed E-state index contributed by atoms with van der Waals surface area (Å²) in [6.45, 7) is 0.0750. The van der Waals surface area contributed by atoms with Gasteiger partial charge in [0, 0.05) is 18.6 Å². The standard InChI is InChI=1S/C16H13F2N3O2/c17-9-5-10(18)15-12(6-9)19-8-21(16(15)22)7-14-20-11-3-1-2-4-13(11)23-14/h5-6,8H,1-4,7H2. The van der Waals surface area contributed by atoms with Crippen molar-refractivity contribution in [3.63, 3.8) is 0 Å². The molecule has 1 aliphatic rings. The molecule has 0 aliphatic heterocycles. The maximum atomic E-state index is 13.9. The Balaban J connectivity index is 1.76. The Bertz CT molecular complexity index is 938. The lowest BCUT2D eigenvalue weighted by atomic mass is 10.0. The minimum absolute atomic E-state index is 0.00421. The SMILES string of the molecule is O=c1c2c(F)cc(F)cc2ncn1Cc1nc2c(o1)CCCC2. The Morgan fingerprint density at radius 3 is 2.87 bits per heavy atom. The highest BCUT2D eigenvalue weighted by atomic mass is 19.1. The number of nitrogens with zero attached hydrogens (tertiary/aromatic N) is 3. The third-order valence-electron chi connectivity index (χ3n) is 4.04. The van der Waals surface area contributed by atoms with Crippen LogP contribution in [0.3, 0.4) is 0 Å². The third kappa shape index (κ3) is 2.42. The van der Waals surface area contributed by atoms with E-state index >= 15 is 0 Å². The van der Waals surface area contributed by atoms with Crippen molar-refractivity contribution in [3.05, 3.63) is 57.8 Å². The first-order valence-corrected chi connectivity index (χ1v) is 7.43. The average molecular weight is 317 g/mol. The van der Waals surface area contributed by atoms with Gasteiger partial charge in [-0.25, -0.2) is 18.7 Å². The number of fused-ring (bicyclic) bond motifs is 2. The van der Waals surface area contributed by atoms with Gasteiger partial charge in [-0.15, -0.1) is 0 Å². The summed E-state index contributed by atoms with van der Waals surface area (Å²) in [6.07, 6.45) is 5.12. The molecule has 23 heavy (non-hydrogen) atoms. The van der Waals surface area contributed by atoms with Crippen LogP contribution in [0.2, 0.25) is 0 Å². The Morgan fingerprint density at radius 1 is 1.22 bits per heavy atom. The Morgan fingerprint density at radius 2 is 2.04 bits per heavy atom. The first-order valence-electron chi connectivity index (χ1n) is 7.43. The second-order valence-corrected chi connectivity index (χ2v) is 5.64. The highest BCUT2D eigenvalue weighted by molar-refractivity contribution is 5.77. The van der Waals surface area contributed by atoms with Crippen molar-refractivity contribution in [3.8, 4) is 0 Å². The van der Waals surface area contributed by atoms with Crippen LogP contribution in [0.1, 0.15) is 30.2 Å². The van der Waals surface area contributed by atoms with Gasteiger partial charge in [-0.3, -0.25) is 9.36 Å². The van der Waals surface area contributed by atoms with Crippen LogP contribution in [0.25, 0.3) is 10.9 Å². The fourth-order valence-corrected chi connectivity index (χ4v) is 2.93. The predicted molar refractivity (Wildman–Crippen MR) is 78.2 cm³/mol.